The van der Waals surface area contributed by atoms with Crippen LogP contribution in [0.3, 0.4) is 0 Å². The van der Waals surface area contributed by atoms with Crippen molar-refractivity contribution in [1.29, 1.82) is 0 Å². The van der Waals surface area contributed by atoms with Crippen LogP contribution in [-0.4, -0.2) is 46.5 Å². The minimum Gasteiger partial charge on any atom is -0.507 e. The molecule has 1 unspecified atom stereocenters. The van der Waals surface area contributed by atoms with Crippen LogP contribution in [0.1, 0.15) is 57.2 Å². The molecule has 1 fully saturated rings. The molecule has 0 saturated carbocycles. The second-order valence-corrected chi connectivity index (χ2v) is 10.1. The number of imidazole rings is 1. The number of fused-ring (bicyclic) bond motifs is 1. The minimum absolute atomic E-state index is 0.0164. The summed E-state index contributed by atoms with van der Waals surface area (Å²) in [6.07, 6.45) is 3.18. The van der Waals surface area contributed by atoms with Crippen LogP contribution in [0.2, 0.25) is 0 Å². The van der Waals surface area contributed by atoms with E-state index in [0.29, 0.717) is 29.0 Å². The summed E-state index contributed by atoms with van der Waals surface area (Å²) in [5.41, 5.74) is 3.59. The van der Waals surface area contributed by atoms with E-state index in [4.69, 9.17) is 4.74 Å². The highest BCUT2D eigenvalue weighted by Crippen LogP contribution is 2.42. The van der Waals surface area contributed by atoms with Crippen LogP contribution in [-0.2, 0) is 9.59 Å². The van der Waals surface area contributed by atoms with Gasteiger partial charge < -0.3 is 19.7 Å². The number of anilines is 2. The Morgan fingerprint density at radius 1 is 0.951 bits per heavy atom. The first-order valence-electron chi connectivity index (χ1n) is 14.3. The number of carbonyl (C=O) groups excluding carboxylic acids is 2. The van der Waals surface area contributed by atoms with E-state index >= 15 is 0 Å². The predicted molar refractivity (Wildman–Crippen MR) is 162 cm³/mol. The largest absolute Gasteiger partial charge is 0.507 e. The number of Topliss-reactive ketones (excluding diaryl/α,β-unsaturated/α-hetero) is 1. The second-order valence-electron chi connectivity index (χ2n) is 10.1. The molecule has 0 aliphatic carbocycles. The summed E-state index contributed by atoms with van der Waals surface area (Å²) in [6.45, 7) is 8.65. The van der Waals surface area contributed by atoms with Gasteiger partial charge in [0.25, 0.3) is 5.78 Å². The number of nitrogens with one attached hydrogen (secondary N) is 1. The van der Waals surface area contributed by atoms with Gasteiger partial charge in [0.15, 0.2) is 0 Å². The normalized spacial score (nSPS) is 16.5. The van der Waals surface area contributed by atoms with E-state index in [1.54, 1.807) is 24.3 Å². The van der Waals surface area contributed by atoms with Gasteiger partial charge in [0.1, 0.15) is 11.5 Å². The van der Waals surface area contributed by atoms with Crippen LogP contribution in [0.25, 0.3) is 16.8 Å². The third kappa shape index (κ3) is 5.55. The Labute approximate surface area is 240 Å². The first-order chi connectivity index (χ1) is 20.0. The molecule has 0 radical (unpaired) electrons. The fourth-order valence-corrected chi connectivity index (χ4v) is 5.28. The van der Waals surface area contributed by atoms with E-state index in [-0.39, 0.29) is 17.3 Å². The van der Waals surface area contributed by atoms with Gasteiger partial charge in [-0.05, 0) is 74.4 Å². The van der Waals surface area contributed by atoms with Gasteiger partial charge in [-0.2, -0.15) is 0 Å². The van der Waals surface area contributed by atoms with Gasteiger partial charge in [0.2, 0.25) is 5.95 Å². The Morgan fingerprint density at radius 2 is 1.66 bits per heavy atom. The van der Waals surface area contributed by atoms with Crippen molar-refractivity contribution in [3.63, 3.8) is 0 Å². The minimum atomic E-state index is -0.869. The zero-order chi connectivity index (χ0) is 28.9. The number of hydrogen-bond donors (Lipinski definition) is 2. The third-order valence-corrected chi connectivity index (χ3v) is 7.53. The molecular weight excluding hydrogens is 516 g/mol. The van der Waals surface area contributed by atoms with Crippen LogP contribution in [0.4, 0.5) is 11.6 Å². The van der Waals surface area contributed by atoms with Gasteiger partial charge in [-0.25, -0.2) is 4.98 Å². The quantitative estimate of drug-likeness (QED) is 0.0941. The Morgan fingerprint density at radius 3 is 2.32 bits per heavy atom. The number of aromatic nitrogens is 2. The Kier molecular flexibility index (Phi) is 8.38. The number of aliphatic hydroxyl groups excluding tert-OH is 1. The molecule has 1 aliphatic rings. The molecule has 0 spiro atoms. The number of unbranched alkanes of at least 4 members (excludes halogenated alkanes) is 2. The molecule has 1 amide bonds. The third-order valence-electron chi connectivity index (χ3n) is 7.53. The summed E-state index contributed by atoms with van der Waals surface area (Å²) in [4.78, 5) is 38.5. The monoisotopic (exact) mass is 552 g/mol. The van der Waals surface area contributed by atoms with Crippen LogP contribution < -0.4 is 14.5 Å². The van der Waals surface area contributed by atoms with Gasteiger partial charge in [-0.15, -0.1) is 0 Å². The second kappa shape index (κ2) is 12.3. The molecule has 4 aromatic rings. The molecule has 41 heavy (non-hydrogen) atoms. The average molecular weight is 553 g/mol. The Bertz CT molecular complexity index is 1520. The number of benzene rings is 3. The number of carbonyl (C=O) groups is 2. The van der Waals surface area contributed by atoms with E-state index in [1.807, 2.05) is 48.5 Å². The van der Waals surface area contributed by atoms with E-state index < -0.39 is 17.7 Å². The molecular formula is C33H36N4O4. The zero-order valence-electron chi connectivity index (χ0n) is 23.8. The molecule has 8 heteroatoms. The smallest absolute Gasteiger partial charge is 0.302 e. The Balaban J connectivity index is 1.57. The fraction of sp³-hybridized carbons (Fsp3) is 0.303. The maximum Gasteiger partial charge on any atom is 0.302 e. The first-order valence-corrected chi connectivity index (χ1v) is 14.3. The molecule has 5 rings (SSSR count). The van der Waals surface area contributed by atoms with Crippen LogP contribution in [0.15, 0.2) is 78.4 Å². The molecule has 2 N–H and O–H groups in total. The highest BCUT2D eigenvalue weighted by atomic mass is 16.5. The number of ketones is 1. The van der Waals surface area contributed by atoms with Crippen LogP contribution >= 0.6 is 0 Å². The predicted octanol–water partition coefficient (Wildman–Crippen LogP) is 6.60. The number of aliphatic hydroxyl groups is 1. The van der Waals surface area contributed by atoms with Crippen molar-refractivity contribution in [2.24, 2.45) is 0 Å². The highest BCUT2D eigenvalue weighted by molar-refractivity contribution is 6.51. The fourth-order valence-electron chi connectivity index (χ4n) is 5.28. The number of hydrogen-bond acceptors (Lipinski definition) is 6. The summed E-state index contributed by atoms with van der Waals surface area (Å²) in [5, 5.41) is 11.5. The maximum absolute atomic E-state index is 13.6. The van der Waals surface area contributed by atoms with Gasteiger partial charge in [-0.1, -0.05) is 44.0 Å². The summed E-state index contributed by atoms with van der Waals surface area (Å²) < 4.78 is 5.81. The molecule has 2 heterocycles. The van der Waals surface area contributed by atoms with Crippen molar-refractivity contribution < 1.29 is 19.4 Å². The van der Waals surface area contributed by atoms with Crippen molar-refractivity contribution >= 4 is 40.1 Å². The molecule has 1 aromatic heterocycles. The van der Waals surface area contributed by atoms with Crippen molar-refractivity contribution in [2.75, 3.05) is 29.5 Å². The van der Waals surface area contributed by atoms with E-state index in [0.717, 1.165) is 43.6 Å². The Hall–Kier alpha value is -4.59. The topological polar surface area (TPSA) is 98.8 Å². The maximum atomic E-state index is 13.6. The molecule has 1 aliphatic heterocycles. The van der Waals surface area contributed by atoms with E-state index in [2.05, 4.69) is 35.6 Å². The molecule has 1 saturated heterocycles. The number of ether oxygens (including phenoxy) is 1. The van der Waals surface area contributed by atoms with Gasteiger partial charge in [-0.3, -0.25) is 14.5 Å². The average Bonchev–Trinajstić information content (AvgIpc) is 3.54. The van der Waals surface area contributed by atoms with Crippen molar-refractivity contribution in [3.05, 3.63) is 89.5 Å². The van der Waals surface area contributed by atoms with Crippen molar-refractivity contribution in [2.45, 2.75) is 46.1 Å². The lowest BCUT2D eigenvalue weighted by atomic mass is 9.95. The van der Waals surface area contributed by atoms with Gasteiger partial charge >= 0.3 is 5.91 Å². The van der Waals surface area contributed by atoms with Gasteiger partial charge in [0, 0.05) is 24.3 Å². The molecule has 1 atom stereocenters. The highest BCUT2D eigenvalue weighted by Gasteiger charge is 2.48. The first kappa shape index (κ1) is 28.0. The standard InChI is InChI=1S/C33H36N4O4/c1-4-7-10-21-41-25-19-15-23(16-20-25)30(38)28-29(22-13-17-24(18-14-22)36(5-2)6-3)37(32(40)31(28)39)33-34-26-11-8-9-12-27(26)35-33/h8-9,11-20,29,38H,4-7,10,21H2,1-3H3,(H,34,35)/b30-28+. The van der Waals surface area contributed by atoms with E-state index in [1.165, 1.54) is 4.90 Å². The summed E-state index contributed by atoms with van der Waals surface area (Å²) in [6, 6.07) is 21.3. The van der Waals surface area contributed by atoms with Crippen LogP contribution in [0, 0.1) is 0 Å². The molecule has 3 aromatic carbocycles. The van der Waals surface area contributed by atoms with Crippen molar-refractivity contribution in [3.8, 4) is 5.75 Å². The zero-order valence-corrected chi connectivity index (χ0v) is 23.8. The number of aromatic amines is 1. The lowest BCUT2D eigenvalue weighted by Crippen LogP contribution is -2.30. The number of rotatable bonds is 11. The number of amides is 1. The van der Waals surface area contributed by atoms with Crippen LogP contribution in [0.5, 0.6) is 5.75 Å². The summed E-state index contributed by atoms with van der Waals surface area (Å²) in [5.74, 6) is -0.817. The van der Waals surface area contributed by atoms with E-state index in [9.17, 15) is 14.7 Å². The number of nitrogens with zero attached hydrogens (tertiary/aromatic N) is 3. The summed E-state index contributed by atoms with van der Waals surface area (Å²) in [7, 11) is 0. The molecule has 0 bridgehead atoms. The SMILES string of the molecule is CCCCCOc1ccc(/C(O)=C2\C(=O)C(=O)N(c3nc4ccccc4[nH]3)C2c2ccc(N(CC)CC)cc2)cc1. The molecule has 212 valence electrons. The lowest BCUT2D eigenvalue weighted by molar-refractivity contribution is -0.132. The lowest BCUT2D eigenvalue weighted by Gasteiger charge is -2.25. The van der Waals surface area contributed by atoms with Gasteiger partial charge in [0.05, 0.1) is 29.3 Å². The molecule has 8 nitrogen and oxygen atoms in total. The number of H-pyrrole nitrogens is 1. The number of para-hydroxylation sites is 2. The van der Waals surface area contributed by atoms with Crippen molar-refractivity contribution in [1.82, 2.24) is 9.97 Å². The summed E-state index contributed by atoms with van der Waals surface area (Å²) >= 11 is 0.